The normalized spacial score (nSPS) is 18.3. The second kappa shape index (κ2) is 13.0. The van der Waals surface area contributed by atoms with E-state index in [1.165, 1.54) is 6.26 Å². The Morgan fingerprint density at radius 1 is 1.03 bits per heavy atom. The van der Waals surface area contributed by atoms with E-state index in [9.17, 15) is 24.0 Å². The lowest BCUT2D eigenvalue weighted by atomic mass is 9.93. The molecule has 1 aliphatic rings. The van der Waals surface area contributed by atoms with Crippen molar-refractivity contribution in [3.63, 3.8) is 0 Å². The summed E-state index contributed by atoms with van der Waals surface area (Å²) in [6.45, 7) is 7.09. The van der Waals surface area contributed by atoms with Crippen LogP contribution < -0.4 is 21.3 Å². The summed E-state index contributed by atoms with van der Waals surface area (Å²) in [5, 5.41) is 13.8. The van der Waals surface area contributed by atoms with Crippen LogP contribution in [0.5, 0.6) is 0 Å². The molecule has 0 saturated carbocycles. The molecular weight excluding hydrogens is 458 g/mol. The zero-order chi connectivity index (χ0) is 26.0. The highest BCUT2D eigenvalue weighted by Crippen LogP contribution is 2.29. The number of ketones is 1. The van der Waals surface area contributed by atoms with Gasteiger partial charge in [0, 0.05) is 6.07 Å². The second-order valence-corrected chi connectivity index (χ2v) is 9.20. The van der Waals surface area contributed by atoms with Crippen LogP contribution in [0.1, 0.15) is 52.7 Å². The molecule has 12 nitrogen and oxygen atoms in total. The van der Waals surface area contributed by atoms with Gasteiger partial charge in [-0.2, -0.15) is 0 Å². The van der Waals surface area contributed by atoms with Gasteiger partial charge < -0.3 is 30.5 Å². The molecule has 2 heterocycles. The van der Waals surface area contributed by atoms with Crippen molar-refractivity contribution in [3.8, 4) is 0 Å². The molecule has 12 heteroatoms. The standard InChI is InChI=1S/C23H35N5O7/c1-5-6-16(26-19(30)11-24-18(29)10-15-7-8-35-28-15)22(33)25-12-20(31)27-17(9-14(2)3)21(32)23(4)13-34-23/h7-8,14,16-17H,5-6,9-13H2,1-4H3,(H,24,29)(H,25,33)(H,26,30)(H,27,31)/t16-,17-,23?/m0/s1. The number of hydrogen-bond acceptors (Lipinski definition) is 8. The maximum Gasteiger partial charge on any atom is 0.243 e. The first-order valence-electron chi connectivity index (χ1n) is 11.7. The smallest absolute Gasteiger partial charge is 0.243 e. The first-order chi connectivity index (χ1) is 16.5. The van der Waals surface area contributed by atoms with Gasteiger partial charge in [-0.1, -0.05) is 32.3 Å². The summed E-state index contributed by atoms with van der Waals surface area (Å²) in [7, 11) is 0. The minimum atomic E-state index is -0.875. The number of nitrogens with zero attached hydrogens (tertiary/aromatic N) is 1. The molecule has 35 heavy (non-hydrogen) atoms. The molecule has 0 aliphatic carbocycles. The van der Waals surface area contributed by atoms with Crippen molar-refractivity contribution in [1.29, 1.82) is 0 Å². The van der Waals surface area contributed by atoms with Crippen LogP contribution in [0, 0.1) is 5.92 Å². The van der Waals surface area contributed by atoms with E-state index in [4.69, 9.17) is 4.74 Å². The van der Waals surface area contributed by atoms with Gasteiger partial charge in [0.1, 0.15) is 17.9 Å². The van der Waals surface area contributed by atoms with Crippen LogP contribution >= 0.6 is 0 Å². The Bertz CT molecular complexity index is 896. The molecule has 1 fully saturated rings. The number of nitrogens with one attached hydrogen (secondary N) is 4. The van der Waals surface area contributed by atoms with Gasteiger partial charge >= 0.3 is 0 Å². The number of rotatable bonds is 15. The quantitative estimate of drug-likeness (QED) is 0.239. The fraction of sp³-hybridized carbons (Fsp3) is 0.652. The number of carbonyl (C=O) groups excluding carboxylic acids is 5. The van der Waals surface area contributed by atoms with E-state index in [0.717, 1.165) is 0 Å². The molecular formula is C23H35N5O7. The van der Waals surface area contributed by atoms with Gasteiger partial charge in [0.2, 0.25) is 23.6 Å². The van der Waals surface area contributed by atoms with Crippen molar-refractivity contribution in [2.75, 3.05) is 19.7 Å². The lowest BCUT2D eigenvalue weighted by molar-refractivity contribution is -0.132. The summed E-state index contributed by atoms with van der Waals surface area (Å²) in [6, 6.07) is -0.0447. The van der Waals surface area contributed by atoms with Gasteiger partial charge in [-0.3, -0.25) is 24.0 Å². The first-order valence-corrected chi connectivity index (χ1v) is 11.7. The van der Waals surface area contributed by atoms with Gasteiger partial charge in [0.25, 0.3) is 0 Å². The molecule has 4 amide bonds. The van der Waals surface area contributed by atoms with E-state index < -0.39 is 41.3 Å². The number of epoxide rings is 1. The Morgan fingerprint density at radius 2 is 1.66 bits per heavy atom. The maximum absolute atomic E-state index is 12.6. The Kier molecular flexibility index (Phi) is 10.4. The third kappa shape index (κ3) is 9.47. The van der Waals surface area contributed by atoms with Crippen LogP contribution in [0.2, 0.25) is 0 Å². The minimum absolute atomic E-state index is 0.0383. The Balaban J connectivity index is 1.80. The molecule has 0 radical (unpaired) electrons. The molecule has 1 aromatic rings. The van der Waals surface area contributed by atoms with Gasteiger partial charge in [-0.05, 0) is 25.7 Å². The number of hydrogen-bond donors (Lipinski definition) is 4. The molecule has 1 aliphatic heterocycles. The second-order valence-electron chi connectivity index (χ2n) is 9.20. The van der Waals surface area contributed by atoms with E-state index in [0.29, 0.717) is 31.6 Å². The summed E-state index contributed by atoms with van der Waals surface area (Å²) < 4.78 is 9.86. The van der Waals surface area contributed by atoms with Crippen molar-refractivity contribution < 1.29 is 33.2 Å². The Labute approximate surface area is 204 Å². The fourth-order valence-corrected chi connectivity index (χ4v) is 3.40. The molecule has 3 atom stereocenters. The lowest BCUT2D eigenvalue weighted by Crippen LogP contribution is -2.53. The number of carbonyl (C=O) groups is 5. The monoisotopic (exact) mass is 493 g/mol. The zero-order valence-electron chi connectivity index (χ0n) is 20.6. The summed E-state index contributed by atoms with van der Waals surface area (Å²) in [5.41, 5.74) is -0.433. The van der Waals surface area contributed by atoms with Gasteiger partial charge in [0.15, 0.2) is 5.78 Å². The highest BCUT2D eigenvalue weighted by atomic mass is 16.6. The van der Waals surface area contributed by atoms with Crippen molar-refractivity contribution in [3.05, 3.63) is 18.0 Å². The van der Waals surface area contributed by atoms with Crippen LogP contribution in [0.25, 0.3) is 0 Å². The summed E-state index contributed by atoms with van der Waals surface area (Å²) in [6.07, 6.45) is 2.70. The molecule has 4 N–H and O–H groups in total. The zero-order valence-corrected chi connectivity index (χ0v) is 20.6. The summed E-state index contributed by atoms with van der Waals surface area (Å²) in [5.74, 6) is -2.03. The molecule has 2 rings (SSSR count). The van der Waals surface area contributed by atoms with Crippen molar-refractivity contribution >= 4 is 29.4 Å². The third-order valence-electron chi connectivity index (χ3n) is 5.39. The number of amides is 4. The molecule has 194 valence electrons. The third-order valence-corrected chi connectivity index (χ3v) is 5.39. The van der Waals surface area contributed by atoms with E-state index in [-0.39, 0.29) is 31.2 Å². The molecule has 0 aromatic carbocycles. The van der Waals surface area contributed by atoms with Crippen LogP contribution in [-0.4, -0.2) is 71.9 Å². The highest BCUT2D eigenvalue weighted by Gasteiger charge is 2.50. The van der Waals surface area contributed by atoms with E-state index >= 15 is 0 Å². The van der Waals surface area contributed by atoms with Gasteiger partial charge in [-0.25, -0.2) is 0 Å². The largest absolute Gasteiger partial charge is 0.364 e. The van der Waals surface area contributed by atoms with Crippen LogP contribution in [0.3, 0.4) is 0 Å². The fourth-order valence-electron chi connectivity index (χ4n) is 3.40. The summed E-state index contributed by atoms with van der Waals surface area (Å²) >= 11 is 0. The molecule has 1 aromatic heterocycles. The first kappa shape index (κ1) is 28.0. The van der Waals surface area contributed by atoms with E-state index in [2.05, 4.69) is 30.9 Å². The van der Waals surface area contributed by atoms with Gasteiger partial charge in [-0.15, -0.1) is 0 Å². The molecule has 0 bridgehead atoms. The number of ether oxygens (including phenoxy) is 1. The molecule has 1 saturated heterocycles. The van der Waals surface area contributed by atoms with Crippen molar-refractivity contribution in [1.82, 2.24) is 26.4 Å². The van der Waals surface area contributed by atoms with Gasteiger partial charge in [0.05, 0.1) is 37.9 Å². The minimum Gasteiger partial charge on any atom is -0.364 e. The SMILES string of the molecule is CCC[C@H](NC(=O)CNC(=O)Cc1ccon1)C(=O)NCC(=O)N[C@@H](CC(C)C)C(=O)C1(C)CO1. The Morgan fingerprint density at radius 3 is 2.20 bits per heavy atom. The van der Waals surface area contributed by atoms with Crippen LogP contribution in [-0.2, 0) is 35.1 Å². The molecule has 0 spiro atoms. The van der Waals surface area contributed by atoms with E-state index in [1.807, 2.05) is 20.8 Å². The van der Waals surface area contributed by atoms with Crippen molar-refractivity contribution in [2.45, 2.75) is 71.1 Å². The van der Waals surface area contributed by atoms with Crippen LogP contribution in [0.15, 0.2) is 16.9 Å². The number of aromatic nitrogens is 1. The molecule has 1 unspecified atom stereocenters. The predicted molar refractivity (Wildman–Crippen MR) is 124 cm³/mol. The average Bonchev–Trinajstić information content (AvgIpc) is 3.34. The van der Waals surface area contributed by atoms with Crippen molar-refractivity contribution in [2.24, 2.45) is 5.92 Å². The highest BCUT2D eigenvalue weighted by molar-refractivity contribution is 5.97. The maximum atomic E-state index is 12.6. The predicted octanol–water partition coefficient (Wildman–Crippen LogP) is -0.377. The topological polar surface area (TPSA) is 172 Å². The van der Waals surface area contributed by atoms with E-state index in [1.54, 1.807) is 13.0 Å². The summed E-state index contributed by atoms with van der Waals surface area (Å²) in [4.78, 5) is 61.8. The van der Waals surface area contributed by atoms with Crippen LogP contribution in [0.4, 0.5) is 0 Å². The lowest BCUT2D eigenvalue weighted by Gasteiger charge is -2.22. The average molecular weight is 494 g/mol. The Hall–Kier alpha value is -3.28. The number of Topliss-reactive ketones (excluding diaryl/α,β-unsaturated/α-hetero) is 1.